The summed E-state index contributed by atoms with van der Waals surface area (Å²) in [6, 6.07) is 0. The van der Waals surface area contributed by atoms with E-state index in [0.717, 1.165) is 6.42 Å². The fraction of sp³-hybridized carbons (Fsp3) is 0.789. The van der Waals surface area contributed by atoms with Gasteiger partial charge in [0.1, 0.15) is 6.61 Å². The lowest BCUT2D eigenvalue weighted by Crippen LogP contribution is -2.45. The van der Waals surface area contributed by atoms with Gasteiger partial charge >= 0.3 is 24.3 Å². The summed E-state index contributed by atoms with van der Waals surface area (Å²) in [4.78, 5) is 23.9. The zero-order chi connectivity index (χ0) is 22.9. The molecule has 0 aromatic rings. The summed E-state index contributed by atoms with van der Waals surface area (Å²) in [7, 11) is 0. The Hall–Kier alpha value is -1.74. The van der Waals surface area contributed by atoms with E-state index in [4.69, 9.17) is 4.74 Å². The van der Waals surface area contributed by atoms with Gasteiger partial charge in [-0.15, -0.1) is 6.58 Å². The second-order valence-electron chi connectivity index (χ2n) is 7.16. The van der Waals surface area contributed by atoms with E-state index in [1.165, 1.54) is 6.92 Å². The Labute approximate surface area is 166 Å². The number of rotatable bonds is 12. The van der Waals surface area contributed by atoms with Gasteiger partial charge in [0.05, 0.1) is 12.0 Å². The predicted molar refractivity (Wildman–Crippen MR) is 93.7 cm³/mol. The number of esters is 2. The largest absolute Gasteiger partial charge is 0.465 e. The molecule has 29 heavy (non-hydrogen) atoms. The van der Waals surface area contributed by atoms with Crippen molar-refractivity contribution in [1.82, 2.24) is 0 Å². The van der Waals surface area contributed by atoms with E-state index in [1.807, 2.05) is 6.92 Å². The molecule has 10 heteroatoms. The van der Waals surface area contributed by atoms with Crippen LogP contribution in [0.15, 0.2) is 12.7 Å². The maximum Gasteiger partial charge on any atom is 0.411 e. The van der Waals surface area contributed by atoms with Crippen LogP contribution in [0.5, 0.6) is 0 Å². The van der Waals surface area contributed by atoms with Gasteiger partial charge in [0, 0.05) is 0 Å². The fourth-order valence-electron chi connectivity index (χ4n) is 2.77. The number of alkyl halides is 6. The van der Waals surface area contributed by atoms with Crippen LogP contribution in [0.4, 0.5) is 26.3 Å². The van der Waals surface area contributed by atoms with Gasteiger partial charge in [0.25, 0.3) is 0 Å². The van der Waals surface area contributed by atoms with Crippen molar-refractivity contribution in [2.75, 3.05) is 13.2 Å². The molecule has 0 N–H and O–H groups in total. The molecule has 0 aliphatic heterocycles. The maximum absolute atomic E-state index is 12.6. The van der Waals surface area contributed by atoms with Gasteiger partial charge in [-0.25, -0.2) is 0 Å². The van der Waals surface area contributed by atoms with Gasteiger partial charge in [0.15, 0.2) is 0 Å². The highest BCUT2D eigenvalue weighted by Crippen LogP contribution is 2.40. The Morgan fingerprint density at radius 1 is 1.03 bits per heavy atom. The third-order valence-electron chi connectivity index (χ3n) is 4.55. The van der Waals surface area contributed by atoms with E-state index < -0.39 is 42.2 Å². The molecule has 0 aromatic carbocycles. The summed E-state index contributed by atoms with van der Waals surface area (Å²) in [6.07, 6.45) is -7.47. The number of carbonyl (C=O) groups is 2. The molecule has 0 amide bonds. The zero-order valence-corrected chi connectivity index (χ0v) is 16.8. The van der Waals surface area contributed by atoms with Crippen LogP contribution in [0, 0.1) is 17.3 Å². The van der Waals surface area contributed by atoms with Gasteiger partial charge in [0.2, 0.25) is 5.92 Å². The average Bonchev–Trinajstić information content (AvgIpc) is 2.56. The number of hydrogen-bond donors (Lipinski definition) is 0. The Kier molecular flexibility index (Phi) is 10.8. The monoisotopic (exact) mass is 434 g/mol. The second-order valence-corrected chi connectivity index (χ2v) is 7.16. The highest BCUT2D eigenvalue weighted by atomic mass is 19.4. The number of carbonyl (C=O) groups excluding carboxylic acids is 2. The minimum atomic E-state index is -5.85. The van der Waals surface area contributed by atoms with E-state index in [2.05, 4.69) is 11.3 Å². The van der Waals surface area contributed by atoms with Crippen molar-refractivity contribution in [3.05, 3.63) is 12.7 Å². The molecule has 0 radical (unpaired) electrons. The van der Waals surface area contributed by atoms with Crippen LogP contribution >= 0.6 is 0 Å². The third kappa shape index (κ3) is 9.08. The smallest absolute Gasteiger partial charge is 0.411 e. The molecule has 2 atom stereocenters. The fourth-order valence-corrected chi connectivity index (χ4v) is 2.77. The van der Waals surface area contributed by atoms with Crippen molar-refractivity contribution in [1.29, 1.82) is 0 Å². The van der Waals surface area contributed by atoms with Gasteiger partial charge in [-0.05, 0) is 32.1 Å². The van der Waals surface area contributed by atoms with Crippen molar-refractivity contribution in [2.45, 2.75) is 65.2 Å². The van der Waals surface area contributed by atoms with Gasteiger partial charge in [-0.3, -0.25) is 9.59 Å². The molecule has 170 valence electrons. The molecule has 2 unspecified atom stereocenters. The minimum Gasteiger partial charge on any atom is -0.465 e. The summed E-state index contributed by atoms with van der Waals surface area (Å²) in [6.45, 7) is 7.62. The SMILES string of the molecule is C=CCC(CC)CCOC(=O)C(C)(CCC)COC(=O)C(C(F)(F)F)C(F)(F)F. The Balaban J connectivity index is 5.07. The first-order valence-electron chi connectivity index (χ1n) is 9.31. The normalized spacial score (nSPS) is 15.5. The van der Waals surface area contributed by atoms with E-state index in [0.29, 0.717) is 19.3 Å². The predicted octanol–water partition coefficient (Wildman–Crippen LogP) is 5.61. The maximum atomic E-state index is 12.6. The van der Waals surface area contributed by atoms with Crippen LogP contribution < -0.4 is 0 Å². The van der Waals surface area contributed by atoms with E-state index in [-0.39, 0.29) is 18.9 Å². The lowest BCUT2D eigenvalue weighted by Gasteiger charge is -2.28. The number of allylic oxidation sites excluding steroid dienone is 1. The molecule has 4 nitrogen and oxygen atoms in total. The zero-order valence-electron chi connectivity index (χ0n) is 16.8. The van der Waals surface area contributed by atoms with E-state index >= 15 is 0 Å². The molecule has 0 aliphatic carbocycles. The standard InChI is InChI=1S/C19H28F6O4/c1-5-8-13(7-3)9-11-28-16(27)17(4,10-6-2)12-29-15(26)14(18(20,21)22)19(23,24)25/h5,13-14H,1,6-12H2,2-4H3. The summed E-state index contributed by atoms with van der Waals surface area (Å²) in [5.41, 5.74) is -1.55. The van der Waals surface area contributed by atoms with Crippen LogP contribution in [-0.2, 0) is 19.1 Å². The Morgan fingerprint density at radius 3 is 2.00 bits per heavy atom. The topological polar surface area (TPSA) is 52.6 Å². The molecule has 0 aliphatic rings. The summed E-state index contributed by atoms with van der Waals surface area (Å²) in [5, 5.41) is 0. The molecule has 0 spiro atoms. The van der Waals surface area contributed by atoms with Crippen LogP contribution in [0.3, 0.4) is 0 Å². The number of hydrogen-bond acceptors (Lipinski definition) is 4. The van der Waals surface area contributed by atoms with Crippen LogP contribution in [0.1, 0.15) is 52.9 Å². The van der Waals surface area contributed by atoms with Crippen LogP contribution in [0.2, 0.25) is 0 Å². The molecule has 0 heterocycles. The third-order valence-corrected chi connectivity index (χ3v) is 4.55. The van der Waals surface area contributed by atoms with Crippen molar-refractivity contribution >= 4 is 11.9 Å². The molecular formula is C19H28F6O4. The molecule has 0 fully saturated rings. The molecular weight excluding hydrogens is 406 g/mol. The van der Waals surface area contributed by atoms with Crippen LogP contribution in [-0.4, -0.2) is 37.5 Å². The lowest BCUT2D eigenvalue weighted by atomic mass is 9.86. The minimum absolute atomic E-state index is 0.0339. The first-order chi connectivity index (χ1) is 13.2. The van der Waals surface area contributed by atoms with Crippen molar-refractivity contribution in [3.63, 3.8) is 0 Å². The molecule has 0 aromatic heterocycles. The molecule has 0 bridgehead atoms. The van der Waals surface area contributed by atoms with Gasteiger partial charge < -0.3 is 9.47 Å². The summed E-state index contributed by atoms with van der Waals surface area (Å²) >= 11 is 0. The molecule has 0 rings (SSSR count). The quantitative estimate of drug-likeness (QED) is 0.228. The highest BCUT2D eigenvalue weighted by Gasteiger charge is 2.62. The molecule has 0 saturated heterocycles. The van der Waals surface area contributed by atoms with Crippen molar-refractivity contribution < 1.29 is 45.4 Å². The summed E-state index contributed by atoms with van der Waals surface area (Å²) < 4.78 is 85.1. The highest BCUT2D eigenvalue weighted by molar-refractivity contribution is 5.78. The van der Waals surface area contributed by atoms with E-state index in [9.17, 15) is 35.9 Å². The first kappa shape index (κ1) is 27.3. The van der Waals surface area contributed by atoms with Crippen molar-refractivity contribution in [2.24, 2.45) is 17.3 Å². The Bertz CT molecular complexity index is 530. The van der Waals surface area contributed by atoms with Gasteiger partial charge in [-0.1, -0.05) is 32.8 Å². The van der Waals surface area contributed by atoms with Crippen LogP contribution in [0.25, 0.3) is 0 Å². The average molecular weight is 434 g/mol. The van der Waals surface area contributed by atoms with E-state index in [1.54, 1.807) is 13.0 Å². The first-order valence-corrected chi connectivity index (χ1v) is 9.31. The number of ether oxygens (including phenoxy) is 2. The van der Waals surface area contributed by atoms with Gasteiger partial charge in [-0.2, -0.15) is 26.3 Å². The summed E-state index contributed by atoms with van der Waals surface area (Å²) in [5.74, 6) is -7.36. The number of halogens is 6. The second kappa shape index (κ2) is 11.4. The lowest BCUT2D eigenvalue weighted by molar-refractivity contribution is -0.282. The Morgan fingerprint density at radius 2 is 1.59 bits per heavy atom. The van der Waals surface area contributed by atoms with Crippen molar-refractivity contribution in [3.8, 4) is 0 Å². The molecule has 0 saturated carbocycles.